The Kier molecular flexibility index (Phi) is 4.60. The molecule has 0 fully saturated rings. The molecule has 0 aliphatic rings. The van der Waals surface area contributed by atoms with Crippen molar-refractivity contribution in [1.82, 2.24) is 0 Å². The predicted molar refractivity (Wildman–Crippen MR) is 82.6 cm³/mol. The Hall–Kier alpha value is -2.33. The van der Waals surface area contributed by atoms with E-state index < -0.39 is 5.97 Å². The second kappa shape index (κ2) is 6.41. The van der Waals surface area contributed by atoms with E-state index in [4.69, 9.17) is 16.7 Å². The van der Waals surface area contributed by atoms with Crippen molar-refractivity contribution in [3.8, 4) is 0 Å². The van der Waals surface area contributed by atoms with E-state index in [0.29, 0.717) is 10.6 Å². The third-order valence-corrected chi connectivity index (χ3v) is 3.33. The highest BCUT2D eigenvalue weighted by Crippen LogP contribution is 2.32. The average molecular weight is 306 g/mol. The van der Waals surface area contributed by atoms with E-state index in [2.05, 4.69) is 0 Å². The number of nitrogens with zero attached hydrogens (tertiary/aromatic N) is 1. The topological polar surface area (TPSA) is 40.5 Å². The third-order valence-electron chi connectivity index (χ3n) is 3.00. The highest BCUT2D eigenvalue weighted by molar-refractivity contribution is 6.32. The van der Waals surface area contributed by atoms with Gasteiger partial charge in [-0.05, 0) is 42.5 Å². The molecule has 3 nitrogen and oxygen atoms in total. The van der Waals surface area contributed by atoms with Gasteiger partial charge in [-0.15, -0.1) is 0 Å². The smallest absolute Gasteiger partial charge is 0.328 e. The maximum atomic E-state index is 13.0. The summed E-state index contributed by atoms with van der Waals surface area (Å²) in [6, 6.07) is 11.3. The number of aliphatic carboxylic acids is 1. The van der Waals surface area contributed by atoms with Gasteiger partial charge in [-0.1, -0.05) is 17.7 Å². The normalized spacial score (nSPS) is 10.8. The molecule has 108 valence electrons. The maximum Gasteiger partial charge on any atom is 0.328 e. The lowest BCUT2D eigenvalue weighted by molar-refractivity contribution is -0.131. The number of halogens is 2. The number of rotatable bonds is 4. The molecular formula is C16H13ClFNO2. The molecule has 0 saturated heterocycles. The van der Waals surface area contributed by atoms with Gasteiger partial charge in [-0.2, -0.15) is 0 Å². The number of hydrogen-bond donors (Lipinski definition) is 1. The Morgan fingerprint density at radius 2 is 1.90 bits per heavy atom. The minimum absolute atomic E-state index is 0.316. The highest BCUT2D eigenvalue weighted by atomic mass is 35.5. The largest absolute Gasteiger partial charge is 0.478 e. The Morgan fingerprint density at radius 3 is 2.52 bits per heavy atom. The van der Waals surface area contributed by atoms with Crippen LogP contribution in [0.4, 0.5) is 15.8 Å². The van der Waals surface area contributed by atoms with Crippen molar-refractivity contribution in [2.75, 3.05) is 11.9 Å². The van der Waals surface area contributed by atoms with Crippen LogP contribution in [0.15, 0.2) is 48.5 Å². The van der Waals surface area contributed by atoms with Crippen LogP contribution in [0.2, 0.25) is 5.02 Å². The Balaban J connectivity index is 2.45. The van der Waals surface area contributed by atoms with Crippen LogP contribution in [0, 0.1) is 5.82 Å². The molecule has 2 rings (SSSR count). The Morgan fingerprint density at radius 1 is 1.24 bits per heavy atom. The standard InChI is InChI=1S/C16H13ClFNO2/c1-19(12-7-5-11(18)6-8-12)15-4-2-3-14(17)13(15)9-10-16(20)21/h2-10H,1H3,(H,20,21). The molecule has 0 atom stereocenters. The van der Waals surface area contributed by atoms with Crippen molar-refractivity contribution in [2.24, 2.45) is 0 Å². The Bertz CT molecular complexity index is 683. The first-order chi connectivity index (χ1) is 9.99. The van der Waals surface area contributed by atoms with E-state index in [-0.39, 0.29) is 5.82 Å². The minimum atomic E-state index is -1.05. The fourth-order valence-corrected chi connectivity index (χ4v) is 2.17. The van der Waals surface area contributed by atoms with Gasteiger partial charge in [-0.3, -0.25) is 0 Å². The first-order valence-corrected chi connectivity index (χ1v) is 6.55. The summed E-state index contributed by atoms with van der Waals surface area (Å²) in [5, 5.41) is 9.20. The lowest BCUT2D eigenvalue weighted by atomic mass is 10.1. The molecule has 0 bridgehead atoms. The lowest BCUT2D eigenvalue weighted by Gasteiger charge is -2.22. The number of benzene rings is 2. The number of anilines is 2. The van der Waals surface area contributed by atoms with Gasteiger partial charge in [0, 0.05) is 35.1 Å². The molecule has 0 saturated carbocycles. The third kappa shape index (κ3) is 3.61. The van der Waals surface area contributed by atoms with E-state index in [1.807, 2.05) is 11.0 Å². The number of carboxylic acids is 1. The van der Waals surface area contributed by atoms with Crippen molar-refractivity contribution in [3.05, 3.63) is 64.9 Å². The first kappa shape index (κ1) is 15.1. The molecule has 0 amide bonds. The summed E-state index contributed by atoms with van der Waals surface area (Å²) in [5.41, 5.74) is 2.09. The quantitative estimate of drug-likeness (QED) is 0.854. The van der Waals surface area contributed by atoms with Crippen molar-refractivity contribution in [1.29, 1.82) is 0 Å². The van der Waals surface area contributed by atoms with Crippen LogP contribution in [0.25, 0.3) is 6.08 Å². The summed E-state index contributed by atoms with van der Waals surface area (Å²) in [5.74, 6) is -1.37. The molecule has 0 radical (unpaired) electrons. The molecule has 2 aromatic rings. The van der Waals surface area contributed by atoms with Gasteiger partial charge in [0.15, 0.2) is 0 Å². The number of hydrogen-bond acceptors (Lipinski definition) is 2. The maximum absolute atomic E-state index is 13.0. The van der Waals surface area contributed by atoms with E-state index in [1.165, 1.54) is 18.2 Å². The van der Waals surface area contributed by atoms with E-state index in [0.717, 1.165) is 17.5 Å². The molecule has 0 spiro atoms. The van der Waals surface area contributed by atoms with Gasteiger partial charge < -0.3 is 10.0 Å². The Labute approximate surface area is 126 Å². The molecule has 21 heavy (non-hydrogen) atoms. The summed E-state index contributed by atoms with van der Waals surface area (Å²) < 4.78 is 13.0. The second-order valence-corrected chi connectivity index (χ2v) is 4.79. The second-order valence-electron chi connectivity index (χ2n) is 4.38. The molecule has 5 heteroatoms. The minimum Gasteiger partial charge on any atom is -0.478 e. The molecular weight excluding hydrogens is 293 g/mol. The molecule has 0 aliphatic heterocycles. The van der Waals surface area contributed by atoms with Crippen LogP contribution >= 0.6 is 11.6 Å². The molecule has 0 unspecified atom stereocenters. The van der Waals surface area contributed by atoms with Crippen LogP contribution in [0.1, 0.15) is 5.56 Å². The van der Waals surface area contributed by atoms with Gasteiger partial charge in [0.05, 0.1) is 0 Å². The highest BCUT2D eigenvalue weighted by Gasteiger charge is 2.11. The van der Waals surface area contributed by atoms with Crippen molar-refractivity contribution < 1.29 is 14.3 Å². The number of carboxylic acid groups (broad SMARTS) is 1. The SMILES string of the molecule is CN(c1ccc(F)cc1)c1cccc(Cl)c1C=CC(=O)O. The zero-order valence-corrected chi connectivity index (χ0v) is 12.0. The van der Waals surface area contributed by atoms with Crippen molar-refractivity contribution in [3.63, 3.8) is 0 Å². The fraction of sp³-hybridized carbons (Fsp3) is 0.0625. The molecule has 0 heterocycles. The van der Waals surface area contributed by atoms with E-state index in [9.17, 15) is 9.18 Å². The zero-order valence-electron chi connectivity index (χ0n) is 11.3. The zero-order chi connectivity index (χ0) is 15.4. The summed E-state index contributed by atoms with van der Waals surface area (Å²) in [4.78, 5) is 12.5. The number of carbonyl (C=O) groups is 1. The molecule has 0 aliphatic carbocycles. The van der Waals surface area contributed by atoms with Crippen LogP contribution in [0.5, 0.6) is 0 Å². The molecule has 0 aromatic heterocycles. The van der Waals surface area contributed by atoms with Gasteiger partial charge in [0.25, 0.3) is 0 Å². The molecule has 1 N–H and O–H groups in total. The summed E-state index contributed by atoms with van der Waals surface area (Å²) in [6.07, 6.45) is 2.48. The fourth-order valence-electron chi connectivity index (χ4n) is 1.94. The van der Waals surface area contributed by atoms with Gasteiger partial charge in [-0.25, -0.2) is 9.18 Å². The summed E-state index contributed by atoms with van der Waals surface area (Å²) in [6.45, 7) is 0. The van der Waals surface area contributed by atoms with Crippen LogP contribution in [-0.2, 0) is 4.79 Å². The predicted octanol–water partition coefficient (Wildman–Crippen LogP) is 4.34. The van der Waals surface area contributed by atoms with Crippen molar-refractivity contribution in [2.45, 2.75) is 0 Å². The van der Waals surface area contributed by atoms with Gasteiger partial charge >= 0.3 is 5.97 Å². The average Bonchev–Trinajstić information content (AvgIpc) is 2.45. The van der Waals surface area contributed by atoms with Crippen molar-refractivity contribution >= 4 is 35.0 Å². The van der Waals surface area contributed by atoms with Crippen LogP contribution in [0.3, 0.4) is 0 Å². The molecule has 2 aromatic carbocycles. The summed E-state index contributed by atoms with van der Waals surface area (Å²) in [7, 11) is 1.80. The van der Waals surface area contributed by atoms with Gasteiger partial charge in [0.2, 0.25) is 0 Å². The van der Waals surface area contributed by atoms with Gasteiger partial charge in [0.1, 0.15) is 5.82 Å². The monoisotopic (exact) mass is 305 g/mol. The van der Waals surface area contributed by atoms with E-state index >= 15 is 0 Å². The van der Waals surface area contributed by atoms with E-state index in [1.54, 1.807) is 31.3 Å². The van der Waals surface area contributed by atoms with Crippen LogP contribution < -0.4 is 4.90 Å². The van der Waals surface area contributed by atoms with Crippen LogP contribution in [-0.4, -0.2) is 18.1 Å². The first-order valence-electron chi connectivity index (χ1n) is 6.18. The summed E-state index contributed by atoms with van der Waals surface area (Å²) >= 11 is 6.14. The lowest BCUT2D eigenvalue weighted by Crippen LogP contribution is -2.11.